The molecule has 6 nitrogen and oxygen atoms in total. The van der Waals surface area contributed by atoms with Crippen molar-refractivity contribution in [2.75, 3.05) is 6.54 Å². The fourth-order valence-electron chi connectivity index (χ4n) is 1.33. The third kappa shape index (κ3) is 4.70. The van der Waals surface area contributed by atoms with E-state index in [-0.39, 0.29) is 16.4 Å². The highest BCUT2D eigenvalue weighted by atomic mass is 35.5. The van der Waals surface area contributed by atoms with E-state index in [2.05, 4.69) is 31.2 Å². The van der Waals surface area contributed by atoms with E-state index in [0.717, 1.165) is 13.0 Å². The summed E-state index contributed by atoms with van der Waals surface area (Å²) in [7, 11) is 0. The first-order chi connectivity index (χ1) is 7.79. The minimum atomic E-state index is -0.577. The van der Waals surface area contributed by atoms with Crippen LogP contribution in [0.1, 0.15) is 27.2 Å². The van der Waals surface area contributed by atoms with Crippen LogP contribution in [-0.4, -0.2) is 26.8 Å². The normalized spacial score (nSPS) is 11.8. The van der Waals surface area contributed by atoms with Crippen LogP contribution in [0.25, 0.3) is 0 Å². The van der Waals surface area contributed by atoms with Gasteiger partial charge >= 0.3 is 5.82 Å². The number of hydrogen-bond acceptors (Lipinski definition) is 4. The zero-order valence-electron chi connectivity index (χ0n) is 10.2. The summed E-state index contributed by atoms with van der Waals surface area (Å²) in [5.74, 6) is -0.282. The van der Waals surface area contributed by atoms with E-state index >= 15 is 0 Å². The molecule has 0 fully saturated rings. The lowest BCUT2D eigenvalue weighted by molar-refractivity contribution is -0.389. The molecule has 0 radical (unpaired) electrons. The first-order valence-corrected chi connectivity index (χ1v) is 5.80. The average molecular weight is 261 g/mol. The maximum Gasteiger partial charge on any atom is 0.408 e. The molecule has 1 N–H and O–H groups in total. The molecule has 96 valence electrons. The molecule has 0 atom stereocenters. The predicted octanol–water partition coefficient (Wildman–Crippen LogP) is 2.22. The molecule has 0 amide bonds. The smallest absolute Gasteiger partial charge is 0.358 e. The summed E-state index contributed by atoms with van der Waals surface area (Å²) >= 11 is 5.68. The number of nitrogens with zero attached hydrogens (tertiary/aromatic N) is 3. The van der Waals surface area contributed by atoms with Crippen molar-refractivity contribution in [2.45, 2.75) is 39.3 Å². The molecule has 1 aromatic rings. The highest BCUT2D eigenvalue weighted by Crippen LogP contribution is 2.21. The average Bonchev–Trinajstić information content (AvgIpc) is 2.53. The molecule has 1 aromatic heterocycles. The molecule has 17 heavy (non-hydrogen) atoms. The molecular formula is C10H17ClN4O2. The fourth-order valence-corrected chi connectivity index (χ4v) is 1.55. The first kappa shape index (κ1) is 13.9. The molecule has 0 saturated heterocycles. The van der Waals surface area contributed by atoms with Crippen LogP contribution in [0.2, 0.25) is 5.02 Å². The van der Waals surface area contributed by atoms with Gasteiger partial charge in [-0.1, -0.05) is 11.6 Å². The lowest BCUT2D eigenvalue weighted by Gasteiger charge is -2.20. The van der Waals surface area contributed by atoms with Crippen molar-refractivity contribution < 1.29 is 4.92 Å². The number of aromatic nitrogens is 2. The van der Waals surface area contributed by atoms with E-state index in [1.807, 2.05) is 0 Å². The Hall–Kier alpha value is -1.14. The maximum atomic E-state index is 10.5. The van der Waals surface area contributed by atoms with E-state index < -0.39 is 4.92 Å². The van der Waals surface area contributed by atoms with E-state index in [1.165, 1.54) is 10.9 Å². The quantitative estimate of drug-likeness (QED) is 0.501. The Balaban J connectivity index is 2.43. The van der Waals surface area contributed by atoms with Gasteiger partial charge in [-0.25, -0.2) is 0 Å². The first-order valence-electron chi connectivity index (χ1n) is 5.42. The Morgan fingerprint density at radius 2 is 2.24 bits per heavy atom. The van der Waals surface area contributed by atoms with Crippen LogP contribution < -0.4 is 5.32 Å². The van der Waals surface area contributed by atoms with Crippen LogP contribution in [0.4, 0.5) is 5.82 Å². The summed E-state index contributed by atoms with van der Waals surface area (Å²) < 4.78 is 1.50. The van der Waals surface area contributed by atoms with E-state index in [0.29, 0.717) is 6.54 Å². The molecule has 0 aromatic carbocycles. The van der Waals surface area contributed by atoms with Crippen molar-refractivity contribution in [3.63, 3.8) is 0 Å². The largest absolute Gasteiger partial charge is 0.408 e. The second-order valence-electron chi connectivity index (χ2n) is 4.85. The van der Waals surface area contributed by atoms with E-state index in [1.54, 1.807) is 0 Å². The van der Waals surface area contributed by atoms with Gasteiger partial charge in [0.25, 0.3) is 0 Å². The third-order valence-electron chi connectivity index (χ3n) is 2.09. The second-order valence-corrected chi connectivity index (χ2v) is 5.26. The number of nitro groups is 1. The van der Waals surface area contributed by atoms with Crippen LogP contribution in [0.3, 0.4) is 0 Å². The molecule has 0 aliphatic rings. The molecule has 1 heterocycles. The van der Waals surface area contributed by atoms with Crippen LogP contribution in [0.5, 0.6) is 0 Å². The lowest BCUT2D eigenvalue weighted by atomic mass is 10.1. The van der Waals surface area contributed by atoms with Gasteiger partial charge in [0, 0.05) is 5.54 Å². The summed E-state index contributed by atoms with van der Waals surface area (Å²) in [4.78, 5) is 9.95. The maximum absolute atomic E-state index is 10.5. The Bertz CT molecular complexity index is 398. The van der Waals surface area contributed by atoms with Crippen molar-refractivity contribution in [1.82, 2.24) is 15.1 Å². The molecule has 0 bridgehead atoms. The van der Waals surface area contributed by atoms with Crippen molar-refractivity contribution in [1.29, 1.82) is 0 Å². The van der Waals surface area contributed by atoms with Crippen LogP contribution in [0, 0.1) is 10.1 Å². The lowest BCUT2D eigenvalue weighted by Crippen LogP contribution is -2.36. The predicted molar refractivity (Wildman–Crippen MR) is 66.3 cm³/mol. The zero-order valence-corrected chi connectivity index (χ0v) is 11.0. The van der Waals surface area contributed by atoms with Gasteiger partial charge in [0.1, 0.15) is 0 Å². The topological polar surface area (TPSA) is 73.0 Å². The Morgan fingerprint density at radius 3 is 2.71 bits per heavy atom. The fraction of sp³-hybridized carbons (Fsp3) is 0.700. The van der Waals surface area contributed by atoms with Gasteiger partial charge in [0.05, 0.1) is 17.8 Å². The van der Waals surface area contributed by atoms with Gasteiger partial charge < -0.3 is 15.4 Å². The van der Waals surface area contributed by atoms with Crippen LogP contribution >= 0.6 is 11.6 Å². The number of hydrogen-bond donors (Lipinski definition) is 1. The Morgan fingerprint density at radius 1 is 1.59 bits per heavy atom. The van der Waals surface area contributed by atoms with Gasteiger partial charge in [0.15, 0.2) is 5.02 Å². The summed E-state index contributed by atoms with van der Waals surface area (Å²) in [6.45, 7) is 7.69. The van der Waals surface area contributed by atoms with Gasteiger partial charge in [-0.15, -0.1) is 0 Å². The van der Waals surface area contributed by atoms with Crippen molar-refractivity contribution >= 4 is 17.4 Å². The van der Waals surface area contributed by atoms with Crippen molar-refractivity contribution in [3.8, 4) is 0 Å². The molecule has 0 spiro atoms. The van der Waals surface area contributed by atoms with Gasteiger partial charge in [-0.3, -0.25) is 0 Å². The Labute approximate surface area is 105 Å². The molecule has 0 unspecified atom stereocenters. The molecule has 0 saturated carbocycles. The van der Waals surface area contributed by atoms with E-state index in [9.17, 15) is 10.1 Å². The van der Waals surface area contributed by atoms with Crippen molar-refractivity contribution in [3.05, 3.63) is 21.3 Å². The summed E-state index contributed by atoms with van der Waals surface area (Å²) in [5, 5.41) is 17.7. The van der Waals surface area contributed by atoms with Gasteiger partial charge in [-0.2, -0.15) is 4.68 Å². The third-order valence-corrected chi connectivity index (χ3v) is 2.36. The molecule has 0 aliphatic carbocycles. The molecular weight excluding hydrogens is 244 g/mol. The molecule has 1 rings (SSSR count). The standard InChI is InChI=1S/C10H17ClN4O2/c1-10(2,3)12-5-4-6-14-7-8(11)9(13-14)15(16)17/h7,12H,4-6H2,1-3H3. The summed E-state index contributed by atoms with van der Waals surface area (Å²) in [6.07, 6.45) is 2.32. The second kappa shape index (κ2) is 5.46. The highest BCUT2D eigenvalue weighted by molar-refractivity contribution is 6.32. The number of nitrogens with one attached hydrogen (secondary N) is 1. The minimum Gasteiger partial charge on any atom is -0.358 e. The summed E-state index contributed by atoms with van der Waals surface area (Å²) in [5.41, 5.74) is 0.0771. The Kier molecular flexibility index (Phi) is 4.47. The molecule has 7 heteroatoms. The minimum absolute atomic E-state index is 0.0771. The SMILES string of the molecule is CC(C)(C)NCCCn1cc(Cl)c([N+](=O)[O-])n1. The molecule has 0 aliphatic heterocycles. The van der Waals surface area contributed by atoms with Crippen LogP contribution in [0.15, 0.2) is 6.20 Å². The number of halogens is 1. The van der Waals surface area contributed by atoms with Gasteiger partial charge in [-0.05, 0) is 38.7 Å². The van der Waals surface area contributed by atoms with E-state index in [4.69, 9.17) is 11.6 Å². The zero-order chi connectivity index (χ0) is 13.1. The van der Waals surface area contributed by atoms with Crippen molar-refractivity contribution in [2.24, 2.45) is 0 Å². The van der Waals surface area contributed by atoms with Gasteiger partial charge in [0.2, 0.25) is 0 Å². The van der Waals surface area contributed by atoms with Crippen LogP contribution in [-0.2, 0) is 6.54 Å². The monoisotopic (exact) mass is 260 g/mol. The number of rotatable bonds is 5. The summed E-state index contributed by atoms with van der Waals surface area (Å²) in [6, 6.07) is 0. The highest BCUT2D eigenvalue weighted by Gasteiger charge is 2.18. The number of aryl methyl sites for hydroxylation is 1.